The Labute approximate surface area is 183 Å². The van der Waals surface area contributed by atoms with E-state index in [1.165, 1.54) is 29.5 Å². The zero-order valence-electron chi connectivity index (χ0n) is 18.2. The molecule has 0 saturated heterocycles. The summed E-state index contributed by atoms with van der Waals surface area (Å²) >= 11 is 1.53. The average molecular weight is 431 g/mol. The van der Waals surface area contributed by atoms with Crippen LogP contribution in [0.3, 0.4) is 0 Å². The fourth-order valence-electron chi connectivity index (χ4n) is 2.86. The van der Waals surface area contributed by atoms with Crippen molar-refractivity contribution in [2.75, 3.05) is 5.75 Å². The second-order valence-electron chi connectivity index (χ2n) is 7.62. The lowest BCUT2D eigenvalue weighted by atomic mass is 10.1. The molecule has 0 saturated carbocycles. The molecule has 0 radical (unpaired) electrons. The van der Waals surface area contributed by atoms with Crippen LogP contribution in [-0.2, 0) is 21.9 Å². The van der Waals surface area contributed by atoms with Crippen molar-refractivity contribution >= 4 is 23.6 Å². The predicted molar refractivity (Wildman–Crippen MR) is 122 cm³/mol. The van der Waals surface area contributed by atoms with Crippen molar-refractivity contribution < 1.29 is 14.0 Å². The lowest BCUT2D eigenvalue weighted by molar-refractivity contribution is -0.138. The molecule has 2 atom stereocenters. The molecule has 162 valence electrons. The second kappa shape index (κ2) is 11.7. The third-order valence-corrected chi connectivity index (χ3v) is 6.04. The molecule has 0 fully saturated rings. The number of carbonyl (C=O) groups excluding carboxylic acids is 2. The first-order valence-corrected chi connectivity index (χ1v) is 11.4. The lowest BCUT2D eigenvalue weighted by Crippen LogP contribution is -2.50. The maximum Gasteiger partial charge on any atom is 0.242 e. The molecule has 0 heterocycles. The van der Waals surface area contributed by atoms with Crippen LogP contribution < -0.4 is 5.32 Å². The molecule has 2 aromatic carbocycles. The van der Waals surface area contributed by atoms with Gasteiger partial charge >= 0.3 is 0 Å². The van der Waals surface area contributed by atoms with Gasteiger partial charge in [0.05, 0.1) is 5.75 Å². The van der Waals surface area contributed by atoms with Crippen molar-refractivity contribution in [3.05, 3.63) is 71.0 Å². The molecule has 4 nitrogen and oxygen atoms in total. The Balaban J connectivity index is 2.06. The van der Waals surface area contributed by atoms with Gasteiger partial charge in [-0.15, -0.1) is 11.8 Å². The van der Waals surface area contributed by atoms with Crippen LogP contribution in [0.2, 0.25) is 0 Å². The highest BCUT2D eigenvalue weighted by Crippen LogP contribution is 2.17. The molecule has 0 aliphatic rings. The predicted octanol–water partition coefficient (Wildman–Crippen LogP) is 4.70. The number of rotatable bonds is 10. The van der Waals surface area contributed by atoms with Crippen molar-refractivity contribution in [3.63, 3.8) is 0 Å². The topological polar surface area (TPSA) is 49.4 Å². The van der Waals surface area contributed by atoms with Crippen molar-refractivity contribution in [3.8, 4) is 0 Å². The van der Waals surface area contributed by atoms with E-state index in [0.29, 0.717) is 0 Å². The van der Waals surface area contributed by atoms with E-state index in [9.17, 15) is 14.0 Å². The quantitative estimate of drug-likeness (QED) is 0.594. The van der Waals surface area contributed by atoms with E-state index in [1.54, 1.807) is 24.0 Å². The van der Waals surface area contributed by atoms with Crippen molar-refractivity contribution in [2.24, 2.45) is 0 Å². The number of carbonyl (C=O) groups is 2. The smallest absolute Gasteiger partial charge is 0.242 e. The van der Waals surface area contributed by atoms with Crippen LogP contribution in [0.15, 0.2) is 48.5 Å². The average Bonchev–Trinajstić information content (AvgIpc) is 2.74. The van der Waals surface area contributed by atoms with E-state index < -0.39 is 6.04 Å². The number of nitrogens with one attached hydrogen (secondary N) is 1. The first-order chi connectivity index (χ1) is 14.3. The first-order valence-electron chi connectivity index (χ1n) is 10.3. The molecular formula is C24H31FN2O2S. The zero-order valence-corrected chi connectivity index (χ0v) is 19.0. The number of hydrogen-bond acceptors (Lipinski definition) is 3. The van der Waals surface area contributed by atoms with Gasteiger partial charge in [0.2, 0.25) is 11.8 Å². The van der Waals surface area contributed by atoms with Crippen LogP contribution in [-0.4, -0.2) is 34.6 Å². The summed E-state index contributed by atoms with van der Waals surface area (Å²) in [5.74, 6) is 0.388. The number of benzene rings is 2. The molecule has 2 rings (SSSR count). The monoisotopic (exact) mass is 430 g/mol. The van der Waals surface area contributed by atoms with E-state index in [4.69, 9.17) is 0 Å². The van der Waals surface area contributed by atoms with E-state index in [2.05, 4.69) is 29.6 Å². The Morgan fingerprint density at radius 3 is 2.23 bits per heavy atom. The molecule has 0 aliphatic heterocycles. The maximum absolute atomic E-state index is 13.3. The fourth-order valence-corrected chi connectivity index (χ4v) is 3.73. The van der Waals surface area contributed by atoms with E-state index in [-0.39, 0.29) is 36.0 Å². The molecule has 0 bridgehead atoms. The highest BCUT2D eigenvalue weighted by molar-refractivity contribution is 7.99. The summed E-state index contributed by atoms with van der Waals surface area (Å²) in [6, 6.07) is 13.7. The molecule has 2 amide bonds. The minimum absolute atomic E-state index is 0.0404. The maximum atomic E-state index is 13.3. The van der Waals surface area contributed by atoms with Crippen LogP contribution in [0.1, 0.15) is 43.9 Å². The first kappa shape index (κ1) is 23.9. The number of halogens is 1. The van der Waals surface area contributed by atoms with Crippen LogP contribution in [0, 0.1) is 12.7 Å². The van der Waals surface area contributed by atoms with Crippen LogP contribution in [0.4, 0.5) is 4.39 Å². The summed E-state index contributed by atoms with van der Waals surface area (Å²) < 4.78 is 13.3. The Hall–Kier alpha value is -2.34. The van der Waals surface area contributed by atoms with Gasteiger partial charge in [0, 0.05) is 18.3 Å². The Bertz CT molecular complexity index is 824. The number of nitrogens with zero attached hydrogens (tertiary/aromatic N) is 1. The second-order valence-corrected chi connectivity index (χ2v) is 8.61. The number of hydrogen-bond donors (Lipinski definition) is 1. The fraction of sp³-hybridized carbons (Fsp3) is 0.417. The summed E-state index contributed by atoms with van der Waals surface area (Å²) in [6.07, 6.45) is 0.816. The molecule has 2 unspecified atom stereocenters. The van der Waals surface area contributed by atoms with E-state index in [0.717, 1.165) is 23.3 Å². The van der Waals surface area contributed by atoms with Gasteiger partial charge in [0.1, 0.15) is 11.9 Å². The molecule has 1 N–H and O–H groups in total. The Kier molecular flexibility index (Phi) is 9.37. The van der Waals surface area contributed by atoms with Gasteiger partial charge in [-0.3, -0.25) is 9.59 Å². The van der Waals surface area contributed by atoms with Gasteiger partial charge < -0.3 is 10.2 Å². The molecule has 2 aromatic rings. The molecule has 6 heteroatoms. The van der Waals surface area contributed by atoms with Crippen molar-refractivity contribution in [2.45, 2.75) is 58.5 Å². The molecular weight excluding hydrogens is 399 g/mol. The van der Waals surface area contributed by atoms with Gasteiger partial charge in [0.15, 0.2) is 0 Å². The van der Waals surface area contributed by atoms with Gasteiger partial charge in [-0.25, -0.2) is 4.39 Å². The number of aryl methyl sites for hydroxylation is 1. The lowest BCUT2D eigenvalue weighted by Gasteiger charge is -2.29. The third kappa shape index (κ3) is 7.48. The van der Waals surface area contributed by atoms with Crippen molar-refractivity contribution in [1.29, 1.82) is 0 Å². The number of amides is 2. The summed E-state index contributed by atoms with van der Waals surface area (Å²) in [4.78, 5) is 27.2. The Morgan fingerprint density at radius 1 is 1.03 bits per heavy atom. The summed E-state index contributed by atoms with van der Waals surface area (Å²) in [7, 11) is 0. The van der Waals surface area contributed by atoms with E-state index >= 15 is 0 Å². The minimum atomic E-state index is -0.614. The SMILES string of the molecule is CCC(C)NC(=O)C(C)N(Cc1ccc(F)cc1)C(=O)CSCc1ccc(C)cc1. The van der Waals surface area contributed by atoms with Crippen LogP contribution in [0.5, 0.6) is 0 Å². The third-order valence-electron chi connectivity index (χ3n) is 5.05. The van der Waals surface area contributed by atoms with Crippen LogP contribution >= 0.6 is 11.8 Å². The minimum Gasteiger partial charge on any atom is -0.352 e. The molecule has 30 heavy (non-hydrogen) atoms. The standard InChI is InChI=1S/C24H31FN2O2S/c1-5-18(3)26-24(29)19(4)27(14-20-10-12-22(25)13-11-20)23(28)16-30-15-21-8-6-17(2)7-9-21/h6-13,18-19H,5,14-16H2,1-4H3,(H,26,29). The van der Waals surface area contributed by atoms with Gasteiger partial charge in [-0.1, -0.05) is 48.9 Å². The molecule has 0 aliphatic carbocycles. The largest absolute Gasteiger partial charge is 0.352 e. The van der Waals surface area contributed by atoms with E-state index in [1.807, 2.05) is 20.8 Å². The highest BCUT2D eigenvalue weighted by atomic mass is 32.2. The normalized spacial score (nSPS) is 12.8. The zero-order chi connectivity index (χ0) is 22.1. The van der Waals surface area contributed by atoms with Gasteiger partial charge in [0.25, 0.3) is 0 Å². The Morgan fingerprint density at radius 2 is 1.63 bits per heavy atom. The summed E-state index contributed by atoms with van der Waals surface area (Å²) in [6.45, 7) is 7.98. The number of thioether (sulfide) groups is 1. The highest BCUT2D eigenvalue weighted by Gasteiger charge is 2.26. The summed E-state index contributed by atoms with van der Waals surface area (Å²) in [5, 5.41) is 2.95. The molecule has 0 aromatic heterocycles. The van der Waals surface area contributed by atoms with Crippen LogP contribution in [0.25, 0.3) is 0 Å². The van der Waals surface area contributed by atoms with Gasteiger partial charge in [-0.2, -0.15) is 0 Å². The van der Waals surface area contributed by atoms with Gasteiger partial charge in [-0.05, 0) is 50.5 Å². The molecule has 0 spiro atoms. The summed E-state index contributed by atoms with van der Waals surface area (Å²) in [5.41, 5.74) is 3.15. The van der Waals surface area contributed by atoms with Crippen molar-refractivity contribution in [1.82, 2.24) is 10.2 Å².